The van der Waals surface area contributed by atoms with Crippen LogP contribution in [0.2, 0.25) is 0 Å². The Balaban J connectivity index is 1.58. The maximum Gasteiger partial charge on any atom is 0.265 e. The zero-order chi connectivity index (χ0) is 16.2. The molecule has 23 heavy (non-hydrogen) atoms. The molecule has 2 aliphatic heterocycles. The van der Waals surface area contributed by atoms with Gasteiger partial charge in [0.25, 0.3) is 5.91 Å². The third-order valence-electron chi connectivity index (χ3n) is 4.49. The van der Waals surface area contributed by atoms with E-state index in [4.69, 9.17) is 9.47 Å². The summed E-state index contributed by atoms with van der Waals surface area (Å²) in [6.45, 7) is 1.88. The van der Waals surface area contributed by atoms with Crippen LogP contribution in [0.4, 0.5) is 5.69 Å². The predicted octanol–water partition coefficient (Wildman–Crippen LogP) is 1.44. The molecule has 1 saturated heterocycles. The first kappa shape index (κ1) is 15.8. The Morgan fingerprint density at radius 3 is 2.78 bits per heavy atom. The number of ether oxygens (including phenoxy) is 2. The van der Waals surface area contributed by atoms with Gasteiger partial charge >= 0.3 is 0 Å². The van der Waals surface area contributed by atoms with Gasteiger partial charge in [-0.2, -0.15) is 0 Å². The lowest BCUT2D eigenvalue weighted by Gasteiger charge is -2.33. The van der Waals surface area contributed by atoms with Gasteiger partial charge in [-0.05, 0) is 25.0 Å². The number of methoxy groups -OCH3 is 1. The molecular formula is C17H22N2O4. The van der Waals surface area contributed by atoms with E-state index in [2.05, 4.69) is 0 Å². The largest absolute Gasteiger partial charge is 0.482 e. The molecule has 0 atom stereocenters. The number of para-hydroxylation sites is 2. The van der Waals surface area contributed by atoms with Crippen molar-refractivity contribution >= 4 is 17.5 Å². The highest BCUT2D eigenvalue weighted by atomic mass is 16.5. The molecule has 1 aromatic carbocycles. The van der Waals surface area contributed by atoms with Crippen LogP contribution in [-0.2, 0) is 14.3 Å². The van der Waals surface area contributed by atoms with Gasteiger partial charge in [0.1, 0.15) is 5.75 Å². The lowest BCUT2D eigenvalue weighted by atomic mass is 10.1. The highest BCUT2D eigenvalue weighted by Crippen LogP contribution is 2.31. The van der Waals surface area contributed by atoms with Crippen LogP contribution >= 0.6 is 0 Å². The van der Waals surface area contributed by atoms with Crippen LogP contribution in [0, 0.1) is 0 Å². The Kier molecular flexibility index (Phi) is 4.81. The van der Waals surface area contributed by atoms with Gasteiger partial charge in [0.15, 0.2) is 6.61 Å². The van der Waals surface area contributed by atoms with Crippen LogP contribution in [0.5, 0.6) is 5.75 Å². The fourth-order valence-corrected chi connectivity index (χ4v) is 3.11. The Bertz CT molecular complexity index is 582. The number of amides is 2. The van der Waals surface area contributed by atoms with Gasteiger partial charge in [0, 0.05) is 33.2 Å². The molecule has 2 heterocycles. The smallest absolute Gasteiger partial charge is 0.265 e. The van der Waals surface area contributed by atoms with Crippen LogP contribution in [-0.4, -0.2) is 56.2 Å². The summed E-state index contributed by atoms with van der Waals surface area (Å²) in [5.41, 5.74) is 0.745. The van der Waals surface area contributed by atoms with Gasteiger partial charge in [-0.3, -0.25) is 9.59 Å². The average molecular weight is 318 g/mol. The van der Waals surface area contributed by atoms with Gasteiger partial charge in [-0.15, -0.1) is 0 Å². The van der Waals surface area contributed by atoms with Crippen molar-refractivity contribution < 1.29 is 19.1 Å². The maximum absolute atomic E-state index is 12.4. The third kappa shape index (κ3) is 3.47. The summed E-state index contributed by atoms with van der Waals surface area (Å²) in [6, 6.07) is 7.43. The van der Waals surface area contributed by atoms with Gasteiger partial charge in [0.2, 0.25) is 5.91 Å². The molecule has 1 fully saturated rings. The molecule has 2 aliphatic rings. The zero-order valence-electron chi connectivity index (χ0n) is 13.4. The topological polar surface area (TPSA) is 59.1 Å². The van der Waals surface area contributed by atoms with Crippen LogP contribution in [0.3, 0.4) is 0 Å². The summed E-state index contributed by atoms with van der Waals surface area (Å²) in [5, 5.41) is 0. The van der Waals surface area contributed by atoms with Crippen LogP contribution in [0.1, 0.15) is 19.3 Å². The molecule has 0 saturated carbocycles. The molecule has 6 heteroatoms. The van der Waals surface area contributed by atoms with Crippen molar-refractivity contribution in [1.29, 1.82) is 0 Å². The van der Waals surface area contributed by atoms with Gasteiger partial charge in [-0.25, -0.2) is 0 Å². The van der Waals surface area contributed by atoms with Crippen molar-refractivity contribution in [3.05, 3.63) is 24.3 Å². The number of hydrogen-bond donors (Lipinski definition) is 0. The van der Waals surface area contributed by atoms with Crippen molar-refractivity contribution in [2.45, 2.75) is 25.4 Å². The molecule has 6 nitrogen and oxygen atoms in total. The maximum atomic E-state index is 12.4. The number of anilines is 1. The van der Waals surface area contributed by atoms with E-state index in [1.807, 2.05) is 29.2 Å². The molecule has 0 aromatic heterocycles. The second-order valence-corrected chi connectivity index (χ2v) is 5.87. The molecule has 1 aromatic rings. The summed E-state index contributed by atoms with van der Waals surface area (Å²) < 4.78 is 10.7. The number of rotatable bonds is 4. The first-order valence-corrected chi connectivity index (χ1v) is 8.02. The van der Waals surface area contributed by atoms with E-state index in [0.717, 1.165) is 31.6 Å². The van der Waals surface area contributed by atoms with E-state index in [9.17, 15) is 9.59 Å². The number of nitrogens with zero attached hydrogens (tertiary/aromatic N) is 2. The Morgan fingerprint density at radius 1 is 1.30 bits per heavy atom. The minimum absolute atomic E-state index is 0.0322. The van der Waals surface area contributed by atoms with Crippen LogP contribution < -0.4 is 9.64 Å². The summed E-state index contributed by atoms with van der Waals surface area (Å²) in [5.74, 6) is 0.686. The molecule has 3 rings (SSSR count). The number of carbonyl (C=O) groups is 2. The van der Waals surface area contributed by atoms with Gasteiger partial charge < -0.3 is 19.3 Å². The number of benzene rings is 1. The third-order valence-corrected chi connectivity index (χ3v) is 4.49. The zero-order valence-corrected chi connectivity index (χ0v) is 13.4. The van der Waals surface area contributed by atoms with Crippen molar-refractivity contribution in [3.8, 4) is 5.75 Å². The number of hydrogen-bond acceptors (Lipinski definition) is 4. The monoisotopic (exact) mass is 318 g/mol. The normalized spacial score (nSPS) is 18.6. The summed E-state index contributed by atoms with van der Waals surface area (Å²) in [7, 11) is 1.71. The molecule has 0 spiro atoms. The number of piperidine rings is 1. The van der Waals surface area contributed by atoms with Crippen LogP contribution in [0.15, 0.2) is 24.3 Å². The quantitative estimate of drug-likeness (QED) is 0.843. The lowest BCUT2D eigenvalue weighted by molar-refractivity contribution is -0.133. The molecule has 0 aliphatic carbocycles. The number of carbonyl (C=O) groups excluding carboxylic acids is 2. The Hall–Kier alpha value is -2.08. The lowest BCUT2D eigenvalue weighted by Crippen LogP contribution is -2.44. The molecule has 0 unspecified atom stereocenters. The number of fused-ring (bicyclic) bond motifs is 1. The van der Waals surface area contributed by atoms with Crippen molar-refractivity contribution in [2.24, 2.45) is 0 Å². The van der Waals surface area contributed by atoms with Gasteiger partial charge in [-0.1, -0.05) is 12.1 Å². The van der Waals surface area contributed by atoms with Crippen LogP contribution in [0.25, 0.3) is 0 Å². The van der Waals surface area contributed by atoms with Crippen molar-refractivity contribution in [2.75, 3.05) is 38.3 Å². The first-order chi connectivity index (χ1) is 11.2. The highest BCUT2D eigenvalue weighted by molar-refractivity contribution is 5.98. The molecular weight excluding hydrogens is 296 g/mol. The Morgan fingerprint density at radius 2 is 2.04 bits per heavy atom. The molecule has 2 amide bonds. The SMILES string of the molecule is COC1CCN(C(=O)CCN2C(=O)COc3ccccc32)CC1. The minimum atomic E-state index is -0.102. The summed E-state index contributed by atoms with van der Waals surface area (Å²) >= 11 is 0. The molecule has 0 bridgehead atoms. The second kappa shape index (κ2) is 7.00. The first-order valence-electron chi connectivity index (χ1n) is 8.02. The summed E-state index contributed by atoms with van der Waals surface area (Å²) in [4.78, 5) is 28.0. The molecule has 0 radical (unpaired) electrons. The van der Waals surface area contributed by atoms with E-state index < -0.39 is 0 Å². The molecule has 124 valence electrons. The number of likely N-dealkylation sites (tertiary alicyclic amines) is 1. The van der Waals surface area contributed by atoms with E-state index in [1.165, 1.54) is 0 Å². The van der Waals surface area contributed by atoms with E-state index in [-0.39, 0.29) is 24.5 Å². The second-order valence-electron chi connectivity index (χ2n) is 5.87. The molecule has 0 N–H and O–H groups in total. The van der Waals surface area contributed by atoms with E-state index >= 15 is 0 Å². The average Bonchev–Trinajstić information content (AvgIpc) is 2.60. The fraction of sp³-hybridized carbons (Fsp3) is 0.529. The van der Waals surface area contributed by atoms with Gasteiger partial charge in [0.05, 0.1) is 11.8 Å². The fourth-order valence-electron chi connectivity index (χ4n) is 3.11. The Labute approximate surface area is 136 Å². The predicted molar refractivity (Wildman–Crippen MR) is 85.5 cm³/mol. The van der Waals surface area contributed by atoms with E-state index in [1.54, 1.807) is 12.0 Å². The van der Waals surface area contributed by atoms with E-state index in [0.29, 0.717) is 18.7 Å². The summed E-state index contributed by atoms with van der Waals surface area (Å²) in [6.07, 6.45) is 2.34. The van der Waals surface area contributed by atoms with Crippen molar-refractivity contribution in [3.63, 3.8) is 0 Å². The highest BCUT2D eigenvalue weighted by Gasteiger charge is 2.27. The minimum Gasteiger partial charge on any atom is -0.482 e. The standard InChI is InChI=1S/C17H22N2O4/c1-22-13-6-9-18(10-7-13)16(20)8-11-19-14-4-2-3-5-15(14)23-12-17(19)21/h2-5,13H,6-12H2,1H3. The van der Waals surface area contributed by atoms with Crippen molar-refractivity contribution in [1.82, 2.24) is 4.90 Å².